The highest BCUT2D eigenvalue weighted by molar-refractivity contribution is 7.89. The van der Waals surface area contributed by atoms with Crippen LogP contribution in [0.1, 0.15) is 31.7 Å². The molecule has 1 aliphatic rings. The van der Waals surface area contributed by atoms with Gasteiger partial charge in [0.15, 0.2) is 0 Å². The maximum atomic E-state index is 12.1. The van der Waals surface area contributed by atoms with Crippen molar-refractivity contribution in [3.63, 3.8) is 0 Å². The summed E-state index contributed by atoms with van der Waals surface area (Å²) in [7, 11) is -3.29. The van der Waals surface area contributed by atoms with Crippen molar-refractivity contribution in [2.24, 2.45) is 0 Å². The number of sulfonamides is 1. The average Bonchev–Trinajstić information content (AvgIpc) is 2.84. The Bertz CT molecular complexity index is 476. The molecule has 0 spiro atoms. The minimum absolute atomic E-state index is 0.0783. The fraction of sp³-hybridized carbons (Fsp3) is 0.727. The summed E-state index contributed by atoms with van der Waals surface area (Å²) in [6.45, 7) is 4.59. The molecule has 0 amide bonds. The Kier molecular flexibility index (Phi) is 4.05. The predicted octanol–water partition coefficient (Wildman–Crippen LogP) is 1.05. The number of thiazole rings is 1. The summed E-state index contributed by atoms with van der Waals surface area (Å²) in [4.78, 5) is 4.18. The van der Waals surface area contributed by atoms with E-state index in [0.717, 1.165) is 24.4 Å². The Morgan fingerprint density at radius 3 is 2.94 bits per heavy atom. The van der Waals surface area contributed by atoms with E-state index in [1.54, 1.807) is 6.20 Å². The molecule has 1 aliphatic heterocycles. The fourth-order valence-electron chi connectivity index (χ4n) is 2.17. The van der Waals surface area contributed by atoms with Gasteiger partial charge in [-0.15, -0.1) is 11.3 Å². The molecule has 2 N–H and O–H groups in total. The monoisotopic (exact) mass is 289 g/mol. The van der Waals surface area contributed by atoms with Crippen molar-refractivity contribution in [3.05, 3.63) is 16.6 Å². The molecule has 7 heteroatoms. The highest BCUT2D eigenvalue weighted by Crippen LogP contribution is 2.23. The van der Waals surface area contributed by atoms with E-state index in [1.165, 1.54) is 11.3 Å². The van der Waals surface area contributed by atoms with Crippen LogP contribution in [0, 0.1) is 0 Å². The Labute approximate surface area is 112 Å². The molecule has 1 atom stereocenters. The van der Waals surface area contributed by atoms with Crippen LogP contribution in [0.15, 0.2) is 11.6 Å². The van der Waals surface area contributed by atoms with E-state index in [1.807, 2.05) is 19.2 Å². The van der Waals surface area contributed by atoms with E-state index in [9.17, 15) is 8.42 Å². The summed E-state index contributed by atoms with van der Waals surface area (Å²) < 4.78 is 27.0. The first-order valence-electron chi connectivity index (χ1n) is 6.04. The largest absolute Gasteiger partial charge is 0.313 e. The molecule has 0 radical (unpaired) electrons. The molecule has 1 saturated heterocycles. The van der Waals surface area contributed by atoms with Gasteiger partial charge in [0.05, 0.1) is 11.3 Å². The summed E-state index contributed by atoms with van der Waals surface area (Å²) in [6, 6.07) is 0.0783. The lowest BCUT2D eigenvalue weighted by atomic mass is 10.1. The molecule has 1 aromatic heterocycles. The molecule has 1 aromatic rings. The van der Waals surface area contributed by atoms with E-state index in [0.29, 0.717) is 0 Å². The maximum Gasteiger partial charge on any atom is 0.214 e. The molecule has 0 bridgehead atoms. The van der Waals surface area contributed by atoms with Crippen LogP contribution >= 0.6 is 11.3 Å². The van der Waals surface area contributed by atoms with E-state index in [-0.39, 0.29) is 11.8 Å². The average molecular weight is 289 g/mol. The van der Waals surface area contributed by atoms with Gasteiger partial charge in [0, 0.05) is 17.6 Å². The van der Waals surface area contributed by atoms with Crippen molar-refractivity contribution in [3.8, 4) is 0 Å². The molecule has 0 aliphatic carbocycles. The molecule has 0 aromatic carbocycles. The molecular weight excluding hydrogens is 270 g/mol. The third-order valence-corrected chi connectivity index (χ3v) is 5.72. The van der Waals surface area contributed by atoms with Gasteiger partial charge in [-0.05, 0) is 33.2 Å². The third kappa shape index (κ3) is 3.50. The van der Waals surface area contributed by atoms with Gasteiger partial charge in [-0.3, -0.25) is 0 Å². The minimum atomic E-state index is -3.29. The number of rotatable bonds is 5. The third-order valence-electron chi connectivity index (χ3n) is 2.96. The highest BCUT2D eigenvalue weighted by atomic mass is 32.2. The molecule has 1 unspecified atom stereocenters. The fourth-order valence-corrected chi connectivity index (χ4v) is 4.72. The second-order valence-electron chi connectivity index (χ2n) is 5.14. The van der Waals surface area contributed by atoms with Gasteiger partial charge in [0.2, 0.25) is 10.0 Å². The lowest BCUT2D eigenvalue weighted by molar-refractivity contribution is 0.466. The summed E-state index contributed by atoms with van der Waals surface area (Å²) >= 11 is 1.46. The normalized spacial score (nSPS) is 21.3. The van der Waals surface area contributed by atoms with Gasteiger partial charge in [-0.1, -0.05) is 0 Å². The zero-order valence-corrected chi connectivity index (χ0v) is 12.3. The molecule has 2 rings (SSSR count). The molecule has 5 nitrogen and oxygen atoms in total. The van der Waals surface area contributed by atoms with Crippen molar-refractivity contribution in [1.29, 1.82) is 0 Å². The molecule has 1 fully saturated rings. The second-order valence-corrected chi connectivity index (χ2v) is 7.80. The van der Waals surface area contributed by atoms with Crippen molar-refractivity contribution in [1.82, 2.24) is 15.0 Å². The molecule has 0 saturated carbocycles. The summed E-state index contributed by atoms with van der Waals surface area (Å²) in [6.07, 6.45) is 3.67. The van der Waals surface area contributed by atoms with Crippen LogP contribution in [-0.4, -0.2) is 31.7 Å². The Balaban J connectivity index is 2.03. The molecular formula is C11H19N3O2S2. The number of hydrogen-bond acceptors (Lipinski definition) is 5. The first-order valence-corrected chi connectivity index (χ1v) is 8.57. The zero-order valence-electron chi connectivity index (χ0n) is 10.6. The van der Waals surface area contributed by atoms with Crippen LogP contribution in [0.2, 0.25) is 0 Å². The van der Waals surface area contributed by atoms with E-state index >= 15 is 0 Å². The number of hydrogen-bond donors (Lipinski definition) is 2. The van der Waals surface area contributed by atoms with E-state index < -0.39 is 15.6 Å². The number of nitrogens with one attached hydrogen (secondary N) is 2. The standard InChI is InChI=1S/C11H19N3O2S2/c1-11(2,10-13-6-7-17-10)14-18(15,16)8-9-4-3-5-12-9/h6-7,9,12,14H,3-5,8H2,1-2H3. The predicted molar refractivity (Wildman–Crippen MR) is 73.1 cm³/mol. The summed E-state index contributed by atoms with van der Waals surface area (Å²) in [5, 5.41) is 5.83. The van der Waals surface area contributed by atoms with Crippen molar-refractivity contribution in [2.75, 3.05) is 12.3 Å². The summed E-state index contributed by atoms with van der Waals surface area (Å²) in [5.41, 5.74) is -0.647. The first-order chi connectivity index (χ1) is 8.39. The Morgan fingerprint density at radius 1 is 1.61 bits per heavy atom. The summed E-state index contributed by atoms with van der Waals surface area (Å²) in [5.74, 6) is 0.141. The van der Waals surface area contributed by atoms with Crippen LogP contribution in [0.4, 0.5) is 0 Å². The van der Waals surface area contributed by atoms with Crippen molar-refractivity contribution < 1.29 is 8.42 Å². The van der Waals surface area contributed by atoms with Gasteiger partial charge in [0.25, 0.3) is 0 Å². The van der Waals surface area contributed by atoms with Crippen LogP contribution in [-0.2, 0) is 15.6 Å². The molecule has 102 valence electrons. The van der Waals surface area contributed by atoms with Gasteiger partial charge in [0.1, 0.15) is 5.01 Å². The van der Waals surface area contributed by atoms with Crippen LogP contribution in [0.25, 0.3) is 0 Å². The lowest BCUT2D eigenvalue weighted by Crippen LogP contribution is -2.45. The van der Waals surface area contributed by atoms with Gasteiger partial charge < -0.3 is 5.32 Å². The maximum absolute atomic E-state index is 12.1. The van der Waals surface area contributed by atoms with Crippen molar-refractivity contribution in [2.45, 2.75) is 38.3 Å². The Morgan fingerprint density at radius 2 is 2.39 bits per heavy atom. The minimum Gasteiger partial charge on any atom is -0.313 e. The van der Waals surface area contributed by atoms with Crippen LogP contribution in [0.5, 0.6) is 0 Å². The zero-order chi connectivity index (χ0) is 13.2. The molecule has 2 heterocycles. The lowest BCUT2D eigenvalue weighted by Gasteiger charge is -2.24. The van der Waals surface area contributed by atoms with Crippen LogP contribution in [0.3, 0.4) is 0 Å². The van der Waals surface area contributed by atoms with Gasteiger partial charge >= 0.3 is 0 Å². The number of nitrogens with zero attached hydrogens (tertiary/aromatic N) is 1. The van der Waals surface area contributed by atoms with E-state index in [2.05, 4.69) is 15.0 Å². The van der Waals surface area contributed by atoms with Crippen LogP contribution < -0.4 is 10.0 Å². The first kappa shape index (κ1) is 13.9. The van der Waals surface area contributed by atoms with Crippen molar-refractivity contribution >= 4 is 21.4 Å². The molecule has 18 heavy (non-hydrogen) atoms. The van der Waals surface area contributed by atoms with E-state index in [4.69, 9.17) is 0 Å². The highest BCUT2D eigenvalue weighted by Gasteiger charge is 2.31. The second kappa shape index (κ2) is 5.24. The number of aromatic nitrogens is 1. The smallest absolute Gasteiger partial charge is 0.214 e. The van der Waals surface area contributed by atoms with Gasteiger partial charge in [-0.25, -0.2) is 18.1 Å². The SMILES string of the molecule is CC(C)(NS(=O)(=O)CC1CCCN1)c1nccs1. The Hall–Kier alpha value is -0.500. The van der Waals surface area contributed by atoms with Gasteiger partial charge in [-0.2, -0.15) is 0 Å². The topological polar surface area (TPSA) is 71.1 Å². The quantitative estimate of drug-likeness (QED) is 0.850.